The monoisotopic (exact) mass is 445 g/mol. The maximum Gasteiger partial charge on any atom is 0.339 e. The van der Waals surface area contributed by atoms with Crippen LogP contribution in [0.3, 0.4) is 0 Å². The first kappa shape index (κ1) is 23.4. The lowest BCUT2D eigenvalue weighted by molar-refractivity contribution is -0.336. The lowest BCUT2D eigenvalue weighted by atomic mass is 9.86. The molecule has 1 saturated carbocycles. The minimum Gasteiger partial charge on any atom is -0.544 e. The highest BCUT2D eigenvalue weighted by Crippen LogP contribution is 2.36. The van der Waals surface area contributed by atoms with Gasteiger partial charge in [-0.2, -0.15) is 8.78 Å². The van der Waals surface area contributed by atoms with Crippen LogP contribution in [0.2, 0.25) is 0 Å². The molecule has 0 aromatic heterocycles. The van der Waals surface area contributed by atoms with Crippen LogP contribution in [0.4, 0.5) is 8.78 Å². The molecule has 0 bridgehead atoms. The molecule has 170 valence electrons. The van der Waals surface area contributed by atoms with Gasteiger partial charge in [0.15, 0.2) is 6.10 Å². The number of carboxylic acid groups (broad SMARTS) is 1. The van der Waals surface area contributed by atoms with E-state index in [4.69, 9.17) is 9.47 Å². The van der Waals surface area contributed by atoms with Crippen LogP contribution in [0.15, 0.2) is 54.6 Å². The maximum atomic E-state index is 14.4. The van der Waals surface area contributed by atoms with Crippen molar-refractivity contribution >= 4 is 17.9 Å². The van der Waals surface area contributed by atoms with Crippen LogP contribution in [0.1, 0.15) is 71.4 Å². The van der Waals surface area contributed by atoms with E-state index >= 15 is 0 Å². The molecule has 1 aliphatic rings. The zero-order chi connectivity index (χ0) is 23.4. The molecule has 3 rings (SSSR count). The summed E-state index contributed by atoms with van der Waals surface area (Å²) in [6.45, 7) is 1.82. The van der Waals surface area contributed by atoms with E-state index in [-0.39, 0.29) is 16.7 Å². The molecule has 0 amide bonds. The lowest BCUT2D eigenvalue weighted by Gasteiger charge is -2.33. The Kier molecular flexibility index (Phi) is 6.91. The van der Waals surface area contributed by atoms with Crippen LogP contribution < -0.4 is 5.11 Å². The topological polar surface area (TPSA) is 92.7 Å². The minimum atomic E-state index is -4.50. The van der Waals surface area contributed by atoms with Gasteiger partial charge in [0.2, 0.25) is 0 Å². The molecule has 0 saturated heterocycles. The number of carboxylic acids is 1. The Morgan fingerprint density at radius 1 is 0.906 bits per heavy atom. The van der Waals surface area contributed by atoms with Gasteiger partial charge in [-0.1, -0.05) is 48.9 Å². The molecule has 1 aliphatic carbocycles. The summed E-state index contributed by atoms with van der Waals surface area (Å²) in [7, 11) is 0. The molecular weight excluding hydrogens is 422 g/mol. The molecule has 2 aromatic rings. The van der Waals surface area contributed by atoms with Gasteiger partial charge in [0.25, 0.3) is 0 Å². The zero-order valence-electron chi connectivity index (χ0n) is 17.5. The highest BCUT2D eigenvalue weighted by molar-refractivity contribution is 6.03. The molecule has 0 aliphatic heterocycles. The number of hydrogen-bond donors (Lipinski definition) is 0. The normalized spacial score (nSPS) is 16.6. The fourth-order valence-electron chi connectivity index (χ4n) is 3.78. The van der Waals surface area contributed by atoms with Crippen molar-refractivity contribution in [1.82, 2.24) is 0 Å². The van der Waals surface area contributed by atoms with Gasteiger partial charge < -0.3 is 19.4 Å². The summed E-state index contributed by atoms with van der Waals surface area (Å²) < 4.78 is 39.3. The number of ether oxygens (including phenoxy) is 2. The number of hydrogen-bond acceptors (Lipinski definition) is 6. The average Bonchev–Trinajstić information content (AvgIpc) is 2.77. The molecule has 1 fully saturated rings. The van der Waals surface area contributed by atoms with E-state index in [1.165, 1.54) is 54.6 Å². The van der Waals surface area contributed by atoms with Gasteiger partial charge >= 0.3 is 17.9 Å². The quantitative estimate of drug-likeness (QED) is 0.601. The van der Waals surface area contributed by atoms with Gasteiger partial charge in [0.05, 0.1) is 11.1 Å². The van der Waals surface area contributed by atoms with Gasteiger partial charge in [-0.25, -0.2) is 9.59 Å². The van der Waals surface area contributed by atoms with Crippen LogP contribution in [0.25, 0.3) is 0 Å². The van der Waals surface area contributed by atoms with E-state index in [1.54, 1.807) is 0 Å². The number of benzene rings is 2. The summed E-state index contributed by atoms with van der Waals surface area (Å²) in [5.74, 6) is -9.23. The van der Waals surface area contributed by atoms with Crippen molar-refractivity contribution in [1.29, 1.82) is 0 Å². The van der Waals surface area contributed by atoms with Gasteiger partial charge in [-0.05, 0) is 50.3 Å². The number of carbonyl (C=O) groups excluding carboxylic acids is 3. The number of aliphatic carboxylic acids is 1. The molecular formula is C24H23F2O6-. The Balaban J connectivity index is 1.88. The van der Waals surface area contributed by atoms with Gasteiger partial charge in [0.1, 0.15) is 11.6 Å². The van der Waals surface area contributed by atoms with Crippen molar-refractivity contribution in [2.24, 2.45) is 0 Å². The highest BCUT2D eigenvalue weighted by Gasteiger charge is 2.46. The van der Waals surface area contributed by atoms with E-state index < -0.39 is 35.5 Å². The summed E-state index contributed by atoms with van der Waals surface area (Å²) in [6, 6.07) is 12.3. The highest BCUT2D eigenvalue weighted by atomic mass is 19.3. The molecule has 0 heterocycles. The second kappa shape index (κ2) is 9.46. The first-order valence-corrected chi connectivity index (χ1v) is 10.3. The molecule has 8 heteroatoms. The molecule has 0 spiro atoms. The summed E-state index contributed by atoms with van der Waals surface area (Å²) in [4.78, 5) is 36.7. The number of halogens is 2. The Bertz CT molecular complexity index is 983. The Labute approximate surface area is 184 Å². The molecule has 1 atom stereocenters. The predicted molar refractivity (Wildman–Crippen MR) is 108 cm³/mol. The third-order valence-corrected chi connectivity index (χ3v) is 5.55. The zero-order valence-corrected chi connectivity index (χ0v) is 17.5. The summed E-state index contributed by atoms with van der Waals surface area (Å²) >= 11 is 0. The van der Waals surface area contributed by atoms with Crippen LogP contribution in [-0.2, 0) is 14.3 Å². The predicted octanol–water partition coefficient (Wildman–Crippen LogP) is 3.85. The fourth-order valence-corrected chi connectivity index (χ4v) is 3.78. The van der Waals surface area contributed by atoms with Gasteiger partial charge in [0, 0.05) is 0 Å². The largest absolute Gasteiger partial charge is 0.544 e. The molecule has 2 aromatic carbocycles. The summed E-state index contributed by atoms with van der Waals surface area (Å²) in [5.41, 5.74) is -1.36. The Morgan fingerprint density at radius 2 is 1.44 bits per heavy atom. The number of esters is 2. The van der Waals surface area contributed by atoms with Crippen LogP contribution in [-0.4, -0.2) is 29.4 Å². The molecule has 0 radical (unpaired) electrons. The van der Waals surface area contributed by atoms with Gasteiger partial charge in [-0.3, -0.25) is 0 Å². The number of carbonyl (C=O) groups is 3. The van der Waals surface area contributed by atoms with E-state index in [1.807, 2.05) is 6.92 Å². The SMILES string of the molecule is CC1(OC(=O)c2ccccc2C(=O)OC(c2ccccc2)C(F)(F)C(=O)[O-])CCCCC1. The summed E-state index contributed by atoms with van der Waals surface area (Å²) in [5, 5.41) is 11.1. The van der Waals surface area contributed by atoms with Crippen molar-refractivity contribution in [2.45, 2.75) is 56.7 Å². The van der Waals surface area contributed by atoms with Crippen molar-refractivity contribution in [2.75, 3.05) is 0 Å². The third kappa shape index (κ3) is 5.12. The number of rotatable bonds is 7. The van der Waals surface area contributed by atoms with Crippen LogP contribution in [0, 0.1) is 0 Å². The van der Waals surface area contributed by atoms with Crippen molar-refractivity contribution in [3.8, 4) is 0 Å². The van der Waals surface area contributed by atoms with E-state index in [9.17, 15) is 28.3 Å². The van der Waals surface area contributed by atoms with Crippen LogP contribution in [0.5, 0.6) is 0 Å². The van der Waals surface area contributed by atoms with Crippen molar-refractivity contribution in [3.63, 3.8) is 0 Å². The fraction of sp³-hybridized carbons (Fsp3) is 0.375. The van der Waals surface area contributed by atoms with E-state index in [0.717, 1.165) is 19.3 Å². The molecule has 0 N–H and O–H groups in total. The minimum absolute atomic E-state index is 0.145. The maximum absolute atomic E-state index is 14.4. The number of alkyl halides is 2. The lowest BCUT2D eigenvalue weighted by Crippen LogP contribution is -2.47. The van der Waals surface area contributed by atoms with Crippen LogP contribution >= 0.6 is 0 Å². The van der Waals surface area contributed by atoms with Crippen molar-refractivity contribution < 1.29 is 37.7 Å². The molecule has 1 unspecified atom stereocenters. The second-order valence-electron chi connectivity index (χ2n) is 8.05. The third-order valence-electron chi connectivity index (χ3n) is 5.55. The standard InChI is InChI=1S/C24H24F2O6/c1-23(14-8-3-9-15-23)32-21(28)18-13-7-6-12-17(18)20(27)31-19(24(25,26)22(29)30)16-10-4-2-5-11-16/h2,4-7,10-13,19H,3,8-9,14-15H2,1H3,(H,29,30)/p-1. The molecule has 6 nitrogen and oxygen atoms in total. The first-order chi connectivity index (χ1) is 15.1. The summed E-state index contributed by atoms with van der Waals surface area (Å²) in [6.07, 6.45) is 1.78. The molecule has 32 heavy (non-hydrogen) atoms. The second-order valence-corrected chi connectivity index (χ2v) is 8.05. The first-order valence-electron chi connectivity index (χ1n) is 10.3. The Hall–Kier alpha value is -3.29. The Morgan fingerprint density at radius 3 is 2.00 bits per heavy atom. The van der Waals surface area contributed by atoms with E-state index in [0.29, 0.717) is 12.8 Å². The van der Waals surface area contributed by atoms with Crippen molar-refractivity contribution in [3.05, 3.63) is 71.3 Å². The van der Waals surface area contributed by atoms with Gasteiger partial charge in [-0.15, -0.1) is 0 Å². The van der Waals surface area contributed by atoms with E-state index in [2.05, 4.69) is 0 Å². The smallest absolute Gasteiger partial charge is 0.339 e. The average molecular weight is 445 g/mol.